The van der Waals surface area contributed by atoms with Gasteiger partial charge in [-0.15, -0.1) is 11.3 Å². The molecule has 2 aromatic heterocycles. The second-order valence-corrected chi connectivity index (χ2v) is 7.89. The van der Waals surface area contributed by atoms with Crippen LogP contribution >= 0.6 is 11.3 Å². The normalized spacial score (nSPS) is 13.2. The summed E-state index contributed by atoms with van der Waals surface area (Å²) in [5.74, 6) is 1.01. The number of aryl methyl sites for hydroxylation is 1. The summed E-state index contributed by atoms with van der Waals surface area (Å²) in [6.07, 6.45) is 0. The van der Waals surface area contributed by atoms with Crippen molar-refractivity contribution in [2.75, 3.05) is 26.8 Å². The summed E-state index contributed by atoms with van der Waals surface area (Å²) in [7, 11) is 2.03. The second-order valence-electron chi connectivity index (χ2n) is 6.89. The molecule has 3 rings (SSSR count). The first-order valence-corrected chi connectivity index (χ1v) is 10.4. The van der Waals surface area contributed by atoms with Crippen LogP contribution in [0.4, 0.5) is 0 Å². The minimum Gasteiger partial charge on any atom is -0.488 e. The maximum absolute atomic E-state index is 12.7. The second kappa shape index (κ2) is 9.19. The van der Waals surface area contributed by atoms with Gasteiger partial charge in [-0.25, -0.2) is 9.78 Å². The lowest BCUT2D eigenvalue weighted by Crippen LogP contribution is -3.09. The number of likely N-dealkylation sites (N-methyl/N-ethyl adjacent to an activating group) is 1. The van der Waals surface area contributed by atoms with E-state index in [2.05, 4.69) is 9.97 Å². The zero-order chi connectivity index (χ0) is 21.0. The highest BCUT2D eigenvalue weighted by molar-refractivity contribution is 7.20. The fraction of sp³-hybridized carbons (Fsp3) is 0.381. The molecule has 7 nitrogen and oxygen atoms in total. The number of nitrogens with one attached hydrogen (secondary N) is 2. The molecule has 2 atom stereocenters. The molecule has 3 aromatic rings. The number of ether oxygens (including phenoxy) is 2. The summed E-state index contributed by atoms with van der Waals surface area (Å²) >= 11 is 1.20. The first-order valence-electron chi connectivity index (χ1n) is 9.63. The molecule has 1 aromatic carbocycles. The summed E-state index contributed by atoms with van der Waals surface area (Å²) in [5, 5.41) is 0.457. The number of thiophene rings is 1. The Morgan fingerprint density at radius 1 is 1.31 bits per heavy atom. The van der Waals surface area contributed by atoms with E-state index in [0.717, 1.165) is 17.2 Å². The van der Waals surface area contributed by atoms with Crippen LogP contribution in [0, 0.1) is 6.92 Å². The molecular weight excluding hydrogens is 390 g/mol. The van der Waals surface area contributed by atoms with Crippen LogP contribution in [0.1, 0.15) is 40.9 Å². The van der Waals surface area contributed by atoms with E-state index in [4.69, 9.17) is 9.47 Å². The predicted molar refractivity (Wildman–Crippen MR) is 113 cm³/mol. The number of benzene rings is 1. The summed E-state index contributed by atoms with van der Waals surface area (Å²) in [6, 6.07) is 9.62. The van der Waals surface area contributed by atoms with Gasteiger partial charge in [0.2, 0.25) is 0 Å². The van der Waals surface area contributed by atoms with Crippen LogP contribution in [0.15, 0.2) is 35.1 Å². The average molecular weight is 417 g/mol. The maximum atomic E-state index is 12.7. The molecule has 0 aliphatic rings. The van der Waals surface area contributed by atoms with Crippen molar-refractivity contribution in [3.63, 3.8) is 0 Å². The Balaban J connectivity index is 1.76. The van der Waals surface area contributed by atoms with Gasteiger partial charge in [-0.2, -0.15) is 0 Å². The SMILES string of the molecule is CCOC(=O)c1sc2nc([C@H](C)[NH+](C)CCOc3ccccc3)[nH]c(=O)c2c1C. The van der Waals surface area contributed by atoms with Crippen molar-refractivity contribution < 1.29 is 19.2 Å². The molecule has 29 heavy (non-hydrogen) atoms. The number of H-pyrrole nitrogens is 1. The van der Waals surface area contributed by atoms with E-state index in [1.807, 2.05) is 44.3 Å². The molecule has 0 saturated carbocycles. The number of quaternary nitrogens is 1. The number of esters is 1. The van der Waals surface area contributed by atoms with E-state index in [1.165, 1.54) is 11.3 Å². The number of carbonyl (C=O) groups excluding carboxylic acids is 1. The van der Waals surface area contributed by atoms with Gasteiger partial charge in [0, 0.05) is 0 Å². The van der Waals surface area contributed by atoms with Gasteiger partial charge in [0.1, 0.15) is 34.7 Å². The van der Waals surface area contributed by atoms with Gasteiger partial charge >= 0.3 is 5.97 Å². The number of hydrogen-bond acceptors (Lipinski definition) is 6. The van der Waals surface area contributed by atoms with Crippen molar-refractivity contribution in [3.8, 4) is 5.75 Å². The van der Waals surface area contributed by atoms with Crippen molar-refractivity contribution in [1.29, 1.82) is 0 Å². The Morgan fingerprint density at radius 3 is 2.72 bits per heavy atom. The van der Waals surface area contributed by atoms with Crippen molar-refractivity contribution in [1.82, 2.24) is 9.97 Å². The first kappa shape index (κ1) is 21.0. The van der Waals surface area contributed by atoms with Crippen LogP contribution in [-0.2, 0) is 4.74 Å². The highest BCUT2D eigenvalue weighted by Crippen LogP contribution is 2.28. The van der Waals surface area contributed by atoms with E-state index >= 15 is 0 Å². The van der Waals surface area contributed by atoms with Crippen LogP contribution in [0.3, 0.4) is 0 Å². The fourth-order valence-corrected chi connectivity index (χ4v) is 4.14. The summed E-state index contributed by atoms with van der Waals surface area (Å²) in [4.78, 5) is 34.5. The lowest BCUT2D eigenvalue weighted by Gasteiger charge is -2.21. The number of aromatic amines is 1. The van der Waals surface area contributed by atoms with Crippen molar-refractivity contribution in [3.05, 3.63) is 57.0 Å². The molecule has 1 unspecified atom stereocenters. The highest BCUT2D eigenvalue weighted by atomic mass is 32.1. The number of para-hydroxylation sites is 1. The molecule has 154 valence electrons. The Labute approximate surface area is 173 Å². The molecule has 8 heteroatoms. The third kappa shape index (κ3) is 4.65. The van der Waals surface area contributed by atoms with E-state index in [0.29, 0.717) is 33.1 Å². The average Bonchev–Trinajstić information content (AvgIpc) is 3.05. The Bertz CT molecular complexity index is 1050. The number of fused-ring (bicyclic) bond motifs is 1. The fourth-order valence-electron chi connectivity index (χ4n) is 3.05. The number of nitrogens with zero attached hydrogens (tertiary/aromatic N) is 1. The standard InChI is InChI=1S/C21H25N3O4S/c1-5-27-21(26)17-13(2)16-19(25)22-18(23-20(16)29-17)14(3)24(4)11-12-28-15-9-7-6-8-10-15/h6-10,14H,5,11-12H2,1-4H3,(H,22,23,25)/p+1/t14-/m0/s1. The Kier molecular flexibility index (Phi) is 6.66. The van der Waals surface area contributed by atoms with Gasteiger partial charge in [0.25, 0.3) is 5.56 Å². The van der Waals surface area contributed by atoms with Crippen LogP contribution in [-0.4, -0.2) is 42.7 Å². The van der Waals surface area contributed by atoms with Crippen LogP contribution in [0.2, 0.25) is 0 Å². The Morgan fingerprint density at radius 2 is 2.03 bits per heavy atom. The quantitative estimate of drug-likeness (QED) is 0.550. The first-order chi connectivity index (χ1) is 13.9. The molecule has 0 aliphatic heterocycles. The topological polar surface area (TPSA) is 85.7 Å². The van der Waals surface area contributed by atoms with E-state index in [9.17, 15) is 9.59 Å². The smallest absolute Gasteiger partial charge is 0.348 e. The van der Waals surface area contributed by atoms with Gasteiger partial charge in [-0.3, -0.25) is 4.79 Å². The molecule has 0 bridgehead atoms. The maximum Gasteiger partial charge on any atom is 0.348 e. The molecule has 0 spiro atoms. The summed E-state index contributed by atoms with van der Waals surface area (Å²) < 4.78 is 10.9. The van der Waals surface area contributed by atoms with Gasteiger partial charge < -0.3 is 19.4 Å². The van der Waals surface area contributed by atoms with Crippen molar-refractivity contribution >= 4 is 27.5 Å². The largest absolute Gasteiger partial charge is 0.488 e. The van der Waals surface area contributed by atoms with Gasteiger partial charge in [-0.05, 0) is 38.5 Å². The third-order valence-corrected chi connectivity index (χ3v) is 6.10. The van der Waals surface area contributed by atoms with Crippen molar-refractivity contribution in [2.24, 2.45) is 0 Å². The third-order valence-electron chi connectivity index (χ3n) is 4.94. The number of carbonyl (C=O) groups is 1. The molecule has 0 radical (unpaired) electrons. The summed E-state index contributed by atoms with van der Waals surface area (Å²) in [5.41, 5.74) is 0.392. The van der Waals surface area contributed by atoms with Gasteiger partial charge in [0.05, 0.1) is 19.0 Å². The van der Waals surface area contributed by atoms with Gasteiger partial charge in [-0.1, -0.05) is 18.2 Å². The van der Waals surface area contributed by atoms with Crippen LogP contribution in [0.25, 0.3) is 10.2 Å². The molecule has 0 aliphatic carbocycles. The predicted octanol–water partition coefficient (Wildman–Crippen LogP) is 2.12. The Hall–Kier alpha value is -2.71. The molecule has 0 saturated heterocycles. The summed E-state index contributed by atoms with van der Waals surface area (Å²) in [6.45, 7) is 7.11. The minimum atomic E-state index is -0.414. The number of hydrogen-bond donors (Lipinski definition) is 2. The highest BCUT2D eigenvalue weighted by Gasteiger charge is 2.23. The zero-order valence-electron chi connectivity index (χ0n) is 17.1. The molecule has 2 heterocycles. The number of rotatable bonds is 8. The molecule has 2 N–H and O–H groups in total. The zero-order valence-corrected chi connectivity index (χ0v) is 17.9. The number of aromatic nitrogens is 2. The molecular formula is C21H26N3O4S+. The van der Waals surface area contributed by atoms with E-state index in [-0.39, 0.29) is 18.2 Å². The molecule has 0 amide bonds. The van der Waals surface area contributed by atoms with Crippen molar-refractivity contribution in [2.45, 2.75) is 26.8 Å². The molecule has 0 fully saturated rings. The monoisotopic (exact) mass is 416 g/mol. The van der Waals surface area contributed by atoms with Gasteiger partial charge in [0.15, 0.2) is 5.82 Å². The lowest BCUT2D eigenvalue weighted by atomic mass is 10.2. The van der Waals surface area contributed by atoms with Crippen LogP contribution < -0.4 is 15.2 Å². The lowest BCUT2D eigenvalue weighted by molar-refractivity contribution is -0.910. The van der Waals surface area contributed by atoms with E-state index < -0.39 is 5.97 Å². The minimum absolute atomic E-state index is 0.0417. The van der Waals surface area contributed by atoms with Crippen LogP contribution in [0.5, 0.6) is 5.75 Å². The van der Waals surface area contributed by atoms with E-state index in [1.54, 1.807) is 13.8 Å².